The third-order valence-electron chi connectivity index (χ3n) is 12.1. The molecule has 76 heavy (non-hydrogen) atoms. The van der Waals surface area contributed by atoms with Gasteiger partial charge in [-0.1, -0.05) is 57.8 Å². The number of carbonyl (C=O) groups excluding carboxylic acids is 6. The van der Waals surface area contributed by atoms with Crippen LogP contribution in [0.25, 0.3) is 0 Å². The summed E-state index contributed by atoms with van der Waals surface area (Å²) in [6.07, 6.45) is 14.5. The molecule has 0 aliphatic carbocycles. The van der Waals surface area contributed by atoms with E-state index >= 15 is 0 Å². The molecule has 8 N–H and O–H groups in total. The van der Waals surface area contributed by atoms with Crippen LogP contribution in [0, 0.1) is 5.92 Å². The Morgan fingerprint density at radius 1 is 0.395 bits per heavy atom. The first-order chi connectivity index (χ1) is 36.7. The van der Waals surface area contributed by atoms with E-state index in [2.05, 4.69) is 26.6 Å². The number of rotatable bonds is 57. The first-order valence-corrected chi connectivity index (χ1v) is 27.6. The number of amides is 4. The molecule has 4 amide bonds. The second kappa shape index (κ2) is 51.1. The molecule has 0 aromatic carbocycles. The van der Waals surface area contributed by atoms with Gasteiger partial charge in [0.15, 0.2) is 0 Å². The molecule has 0 saturated heterocycles. The first kappa shape index (κ1) is 71.3. The van der Waals surface area contributed by atoms with Gasteiger partial charge < -0.3 is 70.3 Å². The van der Waals surface area contributed by atoms with Crippen molar-refractivity contribution in [3.63, 3.8) is 0 Å². The van der Waals surface area contributed by atoms with Crippen LogP contribution in [0.4, 0.5) is 0 Å². The summed E-state index contributed by atoms with van der Waals surface area (Å²) in [7, 11) is 1.70. The van der Waals surface area contributed by atoms with Crippen molar-refractivity contribution in [3.8, 4) is 0 Å². The summed E-state index contributed by atoms with van der Waals surface area (Å²) in [6.45, 7) is 5.16. The number of ether oxygens (including phenoxy) is 6. The molecular formula is C53H95N5O18. The maximum absolute atomic E-state index is 12.8. The smallest absolute Gasteiger partial charge is 0.326 e. The molecule has 23 nitrogen and oxygen atoms in total. The van der Waals surface area contributed by atoms with E-state index in [0.29, 0.717) is 84.3 Å². The molecule has 0 aromatic rings. The highest BCUT2D eigenvalue weighted by Gasteiger charge is 2.23. The van der Waals surface area contributed by atoms with Gasteiger partial charge in [-0.3, -0.25) is 38.4 Å². The summed E-state index contributed by atoms with van der Waals surface area (Å²) in [5.74, 6) is -4.95. The summed E-state index contributed by atoms with van der Waals surface area (Å²) in [6, 6.07) is -1.53. The minimum atomic E-state index is -1.18. The summed E-state index contributed by atoms with van der Waals surface area (Å²) >= 11 is 0. The predicted molar refractivity (Wildman–Crippen MR) is 282 cm³/mol. The summed E-state index contributed by atoms with van der Waals surface area (Å²) < 4.78 is 31.9. The molecular weight excluding hydrogens is 995 g/mol. The molecule has 0 bridgehead atoms. The third kappa shape index (κ3) is 46.6. The fourth-order valence-electron chi connectivity index (χ4n) is 7.71. The minimum absolute atomic E-state index is 0.00886. The van der Waals surface area contributed by atoms with Crippen molar-refractivity contribution in [2.45, 2.75) is 173 Å². The van der Waals surface area contributed by atoms with Gasteiger partial charge in [0.25, 0.3) is 0 Å². The van der Waals surface area contributed by atoms with Gasteiger partial charge in [-0.2, -0.15) is 0 Å². The molecule has 440 valence electrons. The van der Waals surface area contributed by atoms with Crippen LogP contribution >= 0.6 is 0 Å². The normalized spacial score (nSPS) is 12.3. The van der Waals surface area contributed by atoms with E-state index in [1.165, 1.54) is 0 Å². The lowest BCUT2D eigenvalue weighted by molar-refractivity contribution is -0.143. The fourth-order valence-corrected chi connectivity index (χ4v) is 7.71. The van der Waals surface area contributed by atoms with Crippen molar-refractivity contribution in [2.24, 2.45) is 5.92 Å². The number of aliphatic carboxylic acids is 3. The van der Waals surface area contributed by atoms with Gasteiger partial charge in [0, 0.05) is 65.0 Å². The Labute approximate surface area is 450 Å². The number of carboxylic acid groups (broad SMARTS) is 3. The highest BCUT2D eigenvalue weighted by Crippen LogP contribution is 2.18. The van der Waals surface area contributed by atoms with Gasteiger partial charge in [0.1, 0.15) is 37.4 Å². The van der Waals surface area contributed by atoms with Crippen molar-refractivity contribution < 1.29 is 86.9 Å². The van der Waals surface area contributed by atoms with Crippen LogP contribution < -0.4 is 26.6 Å². The topological polar surface area (TPSA) is 330 Å². The molecule has 0 heterocycles. The molecule has 0 unspecified atom stereocenters. The fraction of sp³-hybridized carbons (Fsp3) is 0.830. The average molecular weight is 1090 g/mol. The zero-order chi connectivity index (χ0) is 56.3. The lowest BCUT2D eigenvalue weighted by atomic mass is 9.93. The number of ketones is 2. The van der Waals surface area contributed by atoms with Crippen LogP contribution in [-0.4, -0.2) is 186 Å². The van der Waals surface area contributed by atoms with E-state index in [0.717, 1.165) is 57.8 Å². The molecule has 3 atom stereocenters. The quantitative estimate of drug-likeness (QED) is 0.0400. The van der Waals surface area contributed by atoms with Gasteiger partial charge in [0.2, 0.25) is 23.6 Å². The van der Waals surface area contributed by atoms with Gasteiger partial charge in [0.05, 0.1) is 58.2 Å². The average Bonchev–Trinajstić information content (AvgIpc) is 3.38. The van der Waals surface area contributed by atoms with Crippen LogP contribution in [0.5, 0.6) is 0 Å². The SMILES string of the molecule is CCOCCOCC(=O)NCCCC[C@H](NC)C(=O)CC[C@@H](CCCCNC(=O)COCCOCCNC(=O)COCCOCCCC(=O)CC[C@H](NC(=O)CCCCCCCCCCCCC(=O)O)C(=O)O)C(=O)O. The lowest BCUT2D eigenvalue weighted by Gasteiger charge is -2.17. The second-order valence-corrected chi connectivity index (χ2v) is 18.6. The molecule has 0 radical (unpaired) electrons. The Morgan fingerprint density at radius 2 is 0.882 bits per heavy atom. The lowest BCUT2D eigenvalue weighted by Crippen LogP contribution is -2.41. The number of carbonyl (C=O) groups is 9. The maximum Gasteiger partial charge on any atom is 0.326 e. The number of unbranched alkanes of at least 4 members (excludes halogenated alkanes) is 11. The van der Waals surface area contributed by atoms with Crippen molar-refractivity contribution in [1.82, 2.24) is 26.6 Å². The Morgan fingerprint density at radius 3 is 1.39 bits per heavy atom. The first-order valence-electron chi connectivity index (χ1n) is 27.6. The number of hydrogen-bond acceptors (Lipinski definition) is 16. The molecule has 0 aliphatic heterocycles. The highest BCUT2D eigenvalue weighted by molar-refractivity contribution is 5.85. The Balaban J connectivity index is 3.84. The highest BCUT2D eigenvalue weighted by atomic mass is 16.5. The van der Waals surface area contributed by atoms with E-state index in [1.54, 1.807) is 7.05 Å². The van der Waals surface area contributed by atoms with Crippen LogP contribution in [0.1, 0.15) is 161 Å². The number of hydrogen-bond donors (Lipinski definition) is 8. The molecule has 0 spiro atoms. The Bertz CT molecular complexity index is 1590. The van der Waals surface area contributed by atoms with Crippen LogP contribution in [0.15, 0.2) is 0 Å². The van der Waals surface area contributed by atoms with Gasteiger partial charge in [-0.15, -0.1) is 0 Å². The molecule has 0 aromatic heterocycles. The largest absolute Gasteiger partial charge is 0.481 e. The summed E-state index contributed by atoms with van der Waals surface area (Å²) in [5.41, 5.74) is 0. The van der Waals surface area contributed by atoms with Gasteiger partial charge in [-0.05, 0) is 78.2 Å². The number of likely N-dealkylation sites (N-methyl/N-ethyl adjacent to an activating group) is 1. The predicted octanol–water partition coefficient (Wildman–Crippen LogP) is 3.90. The molecule has 23 heteroatoms. The van der Waals surface area contributed by atoms with Crippen molar-refractivity contribution in [1.29, 1.82) is 0 Å². The summed E-state index contributed by atoms with van der Waals surface area (Å²) in [4.78, 5) is 108. The van der Waals surface area contributed by atoms with Crippen molar-refractivity contribution in [3.05, 3.63) is 0 Å². The molecule has 0 saturated carbocycles. The number of Topliss-reactive ketones (excluding diaryl/α,β-unsaturated/α-hetero) is 2. The maximum atomic E-state index is 12.8. The monoisotopic (exact) mass is 1090 g/mol. The Hall–Kier alpha value is -4.65. The van der Waals surface area contributed by atoms with Crippen LogP contribution in [0.3, 0.4) is 0 Å². The van der Waals surface area contributed by atoms with E-state index in [1.807, 2.05) is 6.92 Å². The number of nitrogens with one attached hydrogen (secondary N) is 5. The van der Waals surface area contributed by atoms with Crippen molar-refractivity contribution in [2.75, 3.05) is 106 Å². The summed E-state index contributed by atoms with van der Waals surface area (Å²) in [5, 5.41) is 41.6. The molecule has 0 rings (SSSR count). The van der Waals surface area contributed by atoms with Crippen LogP contribution in [0.2, 0.25) is 0 Å². The Kier molecular flexibility index (Phi) is 48.0. The zero-order valence-corrected chi connectivity index (χ0v) is 45.8. The number of carboxylic acids is 3. The zero-order valence-electron chi connectivity index (χ0n) is 45.8. The third-order valence-corrected chi connectivity index (χ3v) is 12.1. The minimum Gasteiger partial charge on any atom is -0.481 e. The van der Waals surface area contributed by atoms with E-state index in [-0.39, 0.29) is 146 Å². The molecule has 0 aliphatic rings. The van der Waals surface area contributed by atoms with E-state index < -0.39 is 35.9 Å². The van der Waals surface area contributed by atoms with Crippen LogP contribution in [-0.2, 0) is 71.6 Å². The van der Waals surface area contributed by atoms with Gasteiger partial charge >= 0.3 is 17.9 Å². The van der Waals surface area contributed by atoms with Crippen molar-refractivity contribution >= 4 is 53.1 Å². The standard InChI is InChI=1S/C53H95N5O18/c1-3-71-33-36-74-39-48(62)56-29-17-15-21-44(54-2)46(60)27-24-42(52(67)68)19-14-16-28-55-49(63)40-76-38-35-73-32-30-57-50(64)41-75-37-34-72-31-18-20-43(59)25-26-45(53(69)70)58-47(61)22-12-10-8-6-4-5-7-9-11-13-23-51(65)66/h42,44-45,54H,3-41H2,1-2H3,(H,55,63)(H,56,62)(H,57,64)(H,58,61)(H,65,66)(H,67,68)(H,69,70)/t42-,44+,45+/m1/s1. The van der Waals surface area contributed by atoms with E-state index in [9.17, 15) is 53.4 Å². The second-order valence-electron chi connectivity index (χ2n) is 18.6. The molecule has 0 fully saturated rings. The van der Waals surface area contributed by atoms with Gasteiger partial charge in [-0.25, -0.2) is 4.79 Å². The van der Waals surface area contributed by atoms with E-state index in [4.69, 9.17) is 33.5 Å².